The molecule has 0 radical (unpaired) electrons. The number of aryl methyl sites for hydroxylation is 2. The molecule has 0 unspecified atom stereocenters. The van der Waals surface area contributed by atoms with Gasteiger partial charge in [0.1, 0.15) is 15.5 Å². The van der Waals surface area contributed by atoms with Crippen molar-refractivity contribution in [2.24, 2.45) is 7.05 Å². The van der Waals surface area contributed by atoms with Crippen LogP contribution in [0.5, 0.6) is 0 Å². The van der Waals surface area contributed by atoms with Gasteiger partial charge in [0.15, 0.2) is 5.16 Å². The molecule has 5 aromatic heterocycles. The van der Waals surface area contributed by atoms with E-state index in [2.05, 4.69) is 9.97 Å². The number of H-pyrrole nitrogens is 1. The van der Waals surface area contributed by atoms with Crippen LogP contribution < -0.4 is 11.1 Å². The van der Waals surface area contributed by atoms with Crippen LogP contribution in [0.2, 0.25) is 0 Å². The molecule has 0 aliphatic carbocycles. The van der Waals surface area contributed by atoms with Crippen LogP contribution in [0.3, 0.4) is 0 Å². The van der Waals surface area contributed by atoms with E-state index in [9.17, 15) is 9.59 Å². The number of aromatic nitrogens is 4. The molecule has 0 fully saturated rings. The van der Waals surface area contributed by atoms with Crippen molar-refractivity contribution in [2.75, 3.05) is 0 Å². The molecular weight excluding hydrogens is 457 g/mol. The summed E-state index contributed by atoms with van der Waals surface area (Å²) in [4.78, 5) is 41.4. The summed E-state index contributed by atoms with van der Waals surface area (Å²) in [5.41, 5.74) is 1.74. The molecule has 1 N–H and O–H groups in total. The Morgan fingerprint density at radius 3 is 2.73 bits per heavy atom. The molecule has 0 atom stereocenters. The molecule has 0 saturated carbocycles. The van der Waals surface area contributed by atoms with Crippen LogP contribution >= 0.6 is 45.8 Å². The van der Waals surface area contributed by atoms with Gasteiger partial charge >= 0.3 is 0 Å². The number of thioether (sulfide) groups is 1. The average molecular weight is 473 g/mol. The Bertz CT molecular complexity index is 1520. The van der Waals surface area contributed by atoms with Crippen LogP contribution in [0.25, 0.3) is 30.9 Å². The van der Waals surface area contributed by atoms with Crippen LogP contribution in [-0.2, 0) is 12.8 Å². The van der Waals surface area contributed by atoms with E-state index in [0.29, 0.717) is 27.5 Å². The molecule has 0 aromatic carbocycles. The second-order valence-corrected chi connectivity index (χ2v) is 10.8. The summed E-state index contributed by atoms with van der Waals surface area (Å²) in [7, 11) is 1.73. The minimum atomic E-state index is -0.117. The van der Waals surface area contributed by atoms with Gasteiger partial charge in [-0.1, -0.05) is 17.8 Å². The van der Waals surface area contributed by atoms with Crippen molar-refractivity contribution in [1.82, 2.24) is 19.5 Å². The summed E-state index contributed by atoms with van der Waals surface area (Å²) >= 11 is 6.01. The fraction of sp³-hybridized carbons (Fsp3) is 0.200. The standard InChI is InChI=1S/C20H16N4O2S4/c1-9-10(2)30-18-14(9)16(25)21-13(22-18)8-29-20-23-17-15(19(26)24(20)3)11(7-28-17)12-5-4-6-27-12/h4-7H,8H2,1-3H3,(H,21,22,25). The predicted molar refractivity (Wildman–Crippen MR) is 127 cm³/mol. The summed E-state index contributed by atoms with van der Waals surface area (Å²) in [5.74, 6) is 1.01. The van der Waals surface area contributed by atoms with Gasteiger partial charge in [0, 0.05) is 27.7 Å². The fourth-order valence-electron chi connectivity index (χ4n) is 3.30. The second-order valence-electron chi connectivity index (χ2n) is 6.83. The Morgan fingerprint density at radius 1 is 1.13 bits per heavy atom. The smallest absolute Gasteiger partial charge is 0.263 e. The maximum atomic E-state index is 13.1. The molecule has 0 saturated heterocycles. The van der Waals surface area contributed by atoms with Gasteiger partial charge < -0.3 is 4.98 Å². The number of thiophene rings is 3. The minimum absolute atomic E-state index is 0.0615. The Morgan fingerprint density at radius 2 is 1.97 bits per heavy atom. The highest BCUT2D eigenvalue weighted by Gasteiger charge is 2.17. The lowest BCUT2D eigenvalue weighted by Gasteiger charge is -2.07. The highest BCUT2D eigenvalue weighted by Crippen LogP contribution is 2.34. The fourth-order valence-corrected chi connectivity index (χ4v) is 6.99. The molecule has 10 heteroatoms. The zero-order valence-corrected chi connectivity index (χ0v) is 19.6. The van der Waals surface area contributed by atoms with Crippen molar-refractivity contribution in [2.45, 2.75) is 24.8 Å². The summed E-state index contributed by atoms with van der Waals surface area (Å²) in [5, 5.41) is 5.92. The van der Waals surface area contributed by atoms with Crippen molar-refractivity contribution >= 4 is 66.2 Å². The van der Waals surface area contributed by atoms with Crippen LogP contribution in [-0.4, -0.2) is 19.5 Å². The van der Waals surface area contributed by atoms with Crippen LogP contribution in [0, 0.1) is 13.8 Å². The molecule has 0 aliphatic heterocycles. The number of nitrogens with zero attached hydrogens (tertiary/aromatic N) is 3. The molecule has 5 rings (SSSR count). The van der Waals surface area contributed by atoms with E-state index in [4.69, 9.17) is 4.98 Å². The van der Waals surface area contributed by atoms with E-state index in [-0.39, 0.29) is 11.1 Å². The van der Waals surface area contributed by atoms with Gasteiger partial charge in [-0.05, 0) is 30.9 Å². The Kier molecular flexibility index (Phi) is 4.89. The maximum absolute atomic E-state index is 13.1. The number of nitrogens with one attached hydrogen (secondary N) is 1. The SMILES string of the molecule is Cc1sc2nc(CSc3nc4scc(-c5cccs5)c4c(=O)n3C)[nH]c(=O)c2c1C. The quantitative estimate of drug-likeness (QED) is 0.296. The molecule has 152 valence electrons. The number of aromatic amines is 1. The third-order valence-corrected chi connectivity index (χ3v) is 8.90. The number of rotatable bonds is 4. The Labute approximate surface area is 187 Å². The molecular formula is C20H16N4O2S4. The number of hydrogen-bond donors (Lipinski definition) is 1. The summed E-state index contributed by atoms with van der Waals surface area (Å²) in [6.45, 7) is 3.94. The second kappa shape index (κ2) is 7.45. The maximum Gasteiger partial charge on any atom is 0.263 e. The Balaban J connectivity index is 1.51. The van der Waals surface area contributed by atoms with Gasteiger partial charge in [-0.2, -0.15) is 0 Å². The normalized spacial score (nSPS) is 11.7. The first kappa shape index (κ1) is 19.7. The van der Waals surface area contributed by atoms with Gasteiger partial charge in [0.05, 0.1) is 16.5 Å². The minimum Gasteiger partial charge on any atom is -0.309 e. The van der Waals surface area contributed by atoms with E-state index in [1.165, 1.54) is 34.4 Å². The largest absolute Gasteiger partial charge is 0.309 e. The zero-order valence-electron chi connectivity index (χ0n) is 16.3. The molecule has 0 spiro atoms. The van der Waals surface area contributed by atoms with E-state index in [1.54, 1.807) is 23.0 Å². The van der Waals surface area contributed by atoms with Gasteiger partial charge in [-0.15, -0.1) is 34.0 Å². The van der Waals surface area contributed by atoms with Crippen molar-refractivity contribution in [1.29, 1.82) is 0 Å². The lowest BCUT2D eigenvalue weighted by Crippen LogP contribution is -2.20. The van der Waals surface area contributed by atoms with Gasteiger partial charge in [-0.25, -0.2) is 9.97 Å². The topological polar surface area (TPSA) is 80.6 Å². The first-order valence-corrected chi connectivity index (χ1v) is 12.6. The van der Waals surface area contributed by atoms with E-state index < -0.39 is 0 Å². The van der Waals surface area contributed by atoms with Crippen LogP contribution in [0.1, 0.15) is 16.3 Å². The lowest BCUT2D eigenvalue weighted by molar-refractivity contribution is 0.727. The first-order valence-electron chi connectivity index (χ1n) is 9.08. The third-order valence-electron chi connectivity index (χ3n) is 4.99. The highest BCUT2D eigenvalue weighted by molar-refractivity contribution is 7.98. The van der Waals surface area contributed by atoms with E-state index in [1.807, 2.05) is 36.7 Å². The van der Waals surface area contributed by atoms with Gasteiger partial charge in [0.2, 0.25) is 0 Å². The van der Waals surface area contributed by atoms with Crippen LogP contribution in [0.4, 0.5) is 0 Å². The monoisotopic (exact) mass is 472 g/mol. The summed E-state index contributed by atoms with van der Waals surface area (Å²) in [6, 6.07) is 3.99. The molecule has 0 amide bonds. The van der Waals surface area contributed by atoms with Gasteiger partial charge in [0.25, 0.3) is 11.1 Å². The Hall–Kier alpha value is -2.27. The predicted octanol–water partition coefficient (Wildman–Crippen LogP) is 4.93. The average Bonchev–Trinajstić information content (AvgIpc) is 3.43. The molecule has 0 aliphatic rings. The van der Waals surface area contributed by atoms with Crippen LogP contribution in [0.15, 0.2) is 37.6 Å². The lowest BCUT2D eigenvalue weighted by atomic mass is 10.2. The number of hydrogen-bond acceptors (Lipinski definition) is 8. The number of fused-ring (bicyclic) bond motifs is 2. The molecule has 5 aromatic rings. The van der Waals surface area contributed by atoms with Crippen molar-refractivity contribution in [3.8, 4) is 10.4 Å². The molecule has 30 heavy (non-hydrogen) atoms. The van der Waals surface area contributed by atoms with Crippen molar-refractivity contribution in [3.63, 3.8) is 0 Å². The van der Waals surface area contributed by atoms with E-state index in [0.717, 1.165) is 30.5 Å². The highest BCUT2D eigenvalue weighted by atomic mass is 32.2. The zero-order chi connectivity index (χ0) is 21.0. The van der Waals surface area contributed by atoms with Crippen molar-refractivity contribution < 1.29 is 0 Å². The van der Waals surface area contributed by atoms with Gasteiger partial charge in [-0.3, -0.25) is 14.2 Å². The van der Waals surface area contributed by atoms with Crippen molar-refractivity contribution in [3.05, 3.63) is 59.9 Å². The summed E-state index contributed by atoms with van der Waals surface area (Å²) in [6.07, 6.45) is 0. The van der Waals surface area contributed by atoms with E-state index >= 15 is 0 Å². The third kappa shape index (κ3) is 3.15. The molecule has 6 nitrogen and oxygen atoms in total. The summed E-state index contributed by atoms with van der Waals surface area (Å²) < 4.78 is 1.58. The molecule has 5 heterocycles. The molecule has 0 bridgehead atoms. The first-order chi connectivity index (χ1) is 14.4.